The van der Waals surface area contributed by atoms with Crippen molar-refractivity contribution in [1.82, 2.24) is 0 Å². The van der Waals surface area contributed by atoms with Crippen LogP contribution in [0.15, 0.2) is 12.7 Å². The highest BCUT2D eigenvalue weighted by Gasteiger charge is 2.22. The number of hydrogen-bond acceptors (Lipinski definition) is 2. The summed E-state index contributed by atoms with van der Waals surface area (Å²) in [5.74, 6) is 0.337. The molecule has 0 aliphatic heterocycles. The van der Waals surface area contributed by atoms with Crippen LogP contribution in [0.5, 0.6) is 0 Å². The summed E-state index contributed by atoms with van der Waals surface area (Å²) in [6, 6.07) is 0. The van der Waals surface area contributed by atoms with Gasteiger partial charge >= 0.3 is 0 Å². The third kappa shape index (κ3) is 7.56. The van der Waals surface area contributed by atoms with E-state index in [1.54, 1.807) is 0 Å². The Morgan fingerprint density at radius 1 is 1.00 bits per heavy atom. The van der Waals surface area contributed by atoms with Crippen LogP contribution in [0.25, 0.3) is 0 Å². The molecule has 0 amide bonds. The van der Waals surface area contributed by atoms with Crippen molar-refractivity contribution in [1.29, 1.82) is 0 Å². The van der Waals surface area contributed by atoms with Crippen LogP contribution in [0.1, 0.15) is 53.4 Å². The summed E-state index contributed by atoms with van der Waals surface area (Å²) < 4.78 is 11.8. The standard InChI is InChI=1S/C15H30O2/c1-6-9-11-16-14(5)15(13(4)8-3)17-12-10-7-2/h8,13-15H,3,6-7,9-12H2,1-2,4-5H3. The SMILES string of the molecule is C=CC(C)C(OCCCC)C(C)OCCCC. The summed E-state index contributed by atoms with van der Waals surface area (Å²) in [6.45, 7) is 14.1. The second kappa shape index (κ2) is 10.8. The molecule has 0 rings (SSSR count). The van der Waals surface area contributed by atoms with Crippen molar-refractivity contribution < 1.29 is 9.47 Å². The molecule has 0 aromatic carbocycles. The molecule has 2 nitrogen and oxygen atoms in total. The highest BCUT2D eigenvalue weighted by atomic mass is 16.5. The summed E-state index contributed by atoms with van der Waals surface area (Å²) >= 11 is 0. The lowest BCUT2D eigenvalue weighted by atomic mass is 10.0. The maximum Gasteiger partial charge on any atom is 0.0893 e. The highest BCUT2D eigenvalue weighted by Crippen LogP contribution is 2.16. The lowest BCUT2D eigenvalue weighted by Gasteiger charge is -2.28. The van der Waals surface area contributed by atoms with Gasteiger partial charge in [-0.1, -0.05) is 39.7 Å². The maximum atomic E-state index is 5.93. The lowest BCUT2D eigenvalue weighted by Crippen LogP contribution is -2.34. The summed E-state index contributed by atoms with van der Waals surface area (Å²) in [6.07, 6.45) is 6.81. The fourth-order valence-electron chi connectivity index (χ4n) is 1.72. The zero-order chi connectivity index (χ0) is 13.1. The Morgan fingerprint density at radius 2 is 1.53 bits per heavy atom. The molecule has 0 saturated carbocycles. The third-order valence-corrected chi connectivity index (χ3v) is 3.04. The fourth-order valence-corrected chi connectivity index (χ4v) is 1.72. The van der Waals surface area contributed by atoms with Gasteiger partial charge in [-0.2, -0.15) is 0 Å². The first-order valence-corrected chi connectivity index (χ1v) is 7.03. The first-order chi connectivity index (χ1) is 8.17. The van der Waals surface area contributed by atoms with Crippen molar-refractivity contribution in [2.24, 2.45) is 5.92 Å². The lowest BCUT2D eigenvalue weighted by molar-refractivity contribution is -0.0808. The van der Waals surface area contributed by atoms with Crippen molar-refractivity contribution in [2.45, 2.75) is 65.6 Å². The molecule has 0 N–H and O–H groups in total. The average molecular weight is 242 g/mol. The fraction of sp³-hybridized carbons (Fsp3) is 0.867. The van der Waals surface area contributed by atoms with Gasteiger partial charge < -0.3 is 9.47 Å². The van der Waals surface area contributed by atoms with E-state index in [9.17, 15) is 0 Å². The molecule has 0 aromatic heterocycles. The van der Waals surface area contributed by atoms with Crippen LogP contribution in [-0.4, -0.2) is 25.4 Å². The molecule has 0 aliphatic rings. The largest absolute Gasteiger partial charge is 0.376 e. The topological polar surface area (TPSA) is 18.5 Å². The van der Waals surface area contributed by atoms with Crippen molar-refractivity contribution in [3.63, 3.8) is 0 Å². The van der Waals surface area contributed by atoms with Gasteiger partial charge in [-0.25, -0.2) is 0 Å². The number of unbranched alkanes of at least 4 members (excludes halogenated alkanes) is 2. The zero-order valence-electron chi connectivity index (χ0n) is 12.1. The minimum Gasteiger partial charge on any atom is -0.376 e. The molecule has 102 valence electrons. The van der Waals surface area contributed by atoms with Gasteiger partial charge in [-0.05, 0) is 19.8 Å². The van der Waals surface area contributed by atoms with Crippen molar-refractivity contribution in [3.8, 4) is 0 Å². The molecule has 3 atom stereocenters. The second-order valence-corrected chi connectivity index (χ2v) is 4.71. The average Bonchev–Trinajstić information content (AvgIpc) is 2.34. The molecule has 17 heavy (non-hydrogen) atoms. The third-order valence-electron chi connectivity index (χ3n) is 3.04. The van der Waals surface area contributed by atoms with E-state index in [0.717, 1.165) is 26.1 Å². The van der Waals surface area contributed by atoms with Gasteiger partial charge in [0.05, 0.1) is 12.2 Å². The van der Waals surface area contributed by atoms with E-state index < -0.39 is 0 Å². The van der Waals surface area contributed by atoms with Crippen LogP contribution in [0.4, 0.5) is 0 Å². The van der Waals surface area contributed by atoms with Crippen LogP contribution in [-0.2, 0) is 9.47 Å². The molecule has 0 fully saturated rings. The molecule has 0 spiro atoms. The molecule has 2 heteroatoms. The van der Waals surface area contributed by atoms with Gasteiger partial charge in [0.15, 0.2) is 0 Å². The summed E-state index contributed by atoms with van der Waals surface area (Å²) in [5.41, 5.74) is 0. The van der Waals surface area contributed by atoms with E-state index in [1.165, 1.54) is 12.8 Å². The maximum absolute atomic E-state index is 5.93. The smallest absolute Gasteiger partial charge is 0.0893 e. The number of rotatable bonds is 11. The molecule has 0 heterocycles. The Balaban J connectivity index is 4.09. The van der Waals surface area contributed by atoms with Crippen molar-refractivity contribution in [2.75, 3.05) is 13.2 Å². The van der Waals surface area contributed by atoms with Crippen LogP contribution in [0.3, 0.4) is 0 Å². The van der Waals surface area contributed by atoms with Gasteiger partial charge in [0.25, 0.3) is 0 Å². The summed E-state index contributed by atoms with van der Waals surface area (Å²) in [7, 11) is 0. The molecule has 0 radical (unpaired) electrons. The van der Waals surface area contributed by atoms with Gasteiger partial charge in [0, 0.05) is 19.1 Å². The van der Waals surface area contributed by atoms with E-state index in [4.69, 9.17) is 9.47 Å². The number of hydrogen-bond donors (Lipinski definition) is 0. The molecule has 0 aromatic rings. The van der Waals surface area contributed by atoms with Crippen LogP contribution in [0.2, 0.25) is 0 Å². The van der Waals surface area contributed by atoms with Crippen LogP contribution in [0, 0.1) is 5.92 Å². The monoisotopic (exact) mass is 242 g/mol. The van der Waals surface area contributed by atoms with E-state index >= 15 is 0 Å². The zero-order valence-corrected chi connectivity index (χ0v) is 12.1. The van der Waals surface area contributed by atoms with Crippen LogP contribution < -0.4 is 0 Å². The van der Waals surface area contributed by atoms with Gasteiger partial charge in [0.1, 0.15) is 0 Å². The minimum atomic E-state index is 0.135. The minimum absolute atomic E-state index is 0.135. The molecular weight excluding hydrogens is 212 g/mol. The molecular formula is C15H30O2. The van der Waals surface area contributed by atoms with Gasteiger partial charge in [-0.3, -0.25) is 0 Å². The van der Waals surface area contributed by atoms with Crippen molar-refractivity contribution in [3.05, 3.63) is 12.7 Å². The molecule has 0 bridgehead atoms. The Hall–Kier alpha value is -0.340. The second-order valence-electron chi connectivity index (χ2n) is 4.71. The van der Waals surface area contributed by atoms with Gasteiger partial charge in [-0.15, -0.1) is 6.58 Å². The Bertz CT molecular complexity index is 180. The highest BCUT2D eigenvalue weighted by molar-refractivity contribution is 4.85. The predicted molar refractivity (Wildman–Crippen MR) is 74.3 cm³/mol. The number of ether oxygens (including phenoxy) is 2. The summed E-state index contributed by atoms with van der Waals surface area (Å²) in [5, 5.41) is 0. The Morgan fingerprint density at radius 3 is 2.00 bits per heavy atom. The Kier molecular flexibility index (Phi) is 10.6. The predicted octanol–water partition coefficient (Wildman–Crippen LogP) is 4.20. The van der Waals surface area contributed by atoms with E-state index in [0.29, 0.717) is 5.92 Å². The normalized spacial score (nSPS) is 16.5. The molecule has 0 saturated heterocycles. The van der Waals surface area contributed by atoms with Gasteiger partial charge in [0.2, 0.25) is 0 Å². The Labute approximate surface area is 107 Å². The molecule has 0 aliphatic carbocycles. The first kappa shape index (κ1) is 16.7. The van der Waals surface area contributed by atoms with E-state index in [2.05, 4.69) is 34.3 Å². The van der Waals surface area contributed by atoms with Crippen LogP contribution >= 0.6 is 0 Å². The quantitative estimate of drug-likeness (QED) is 0.399. The first-order valence-electron chi connectivity index (χ1n) is 7.03. The summed E-state index contributed by atoms with van der Waals surface area (Å²) in [4.78, 5) is 0. The van der Waals surface area contributed by atoms with Crippen molar-refractivity contribution >= 4 is 0 Å². The van der Waals surface area contributed by atoms with E-state index in [1.807, 2.05) is 6.08 Å². The van der Waals surface area contributed by atoms with E-state index in [-0.39, 0.29) is 12.2 Å². The molecule has 3 unspecified atom stereocenters.